The Bertz CT molecular complexity index is 620. The standard InChI is InChI=1S/C17H21ClN2O3/c1-11-5-6-12(8-14(11)18)19-16(21)9-15-17(22)23-10-13-4-2-3-7-20(13)15/h5-6,8,13,15H,2-4,7,9-10H2,1H3,(H,19,21)/p+1/t13-,15-/m0/s1. The van der Waals surface area contributed by atoms with Crippen molar-refractivity contribution in [2.45, 2.75) is 44.7 Å². The molecule has 2 fully saturated rings. The lowest BCUT2D eigenvalue weighted by atomic mass is 9.97. The number of morpholine rings is 1. The Morgan fingerprint density at radius 2 is 2.26 bits per heavy atom. The third-order valence-electron chi connectivity index (χ3n) is 4.80. The van der Waals surface area contributed by atoms with Crippen LogP contribution in [-0.2, 0) is 14.3 Å². The second kappa shape index (κ2) is 6.89. The van der Waals surface area contributed by atoms with Crippen LogP contribution in [0.15, 0.2) is 18.2 Å². The molecule has 0 saturated carbocycles. The molecular formula is C17H22ClN2O3+. The van der Waals surface area contributed by atoms with E-state index in [4.69, 9.17) is 16.3 Å². The van der Waals surface area contributed by atoms with Crippen LogP contribution in [0.3, 0.4) is 0 Å². The minimum atomic E-state index is -0.394. The van der Waals surface area contributed by atoms with E-state index in [1.807, 2.05) is 19.1 Å². The third-order valence-corrected chi connectivity index (χ3v) is 5.20. The highest BCUT2D eigenvalue weighted by molar-refractivity contribution is 6.31. The molecule has 1 aromatic rings. The number of piperidine rings is 1. The molecule has 2 N–H and O–H groups in total. The quantitative estimate of drug-likeness (QED) is 0.818. The number of ether oxygens (including phenoxy) is 1. The van der Waals surface area contributed by atoms with Gasteiger partial charge in [-0.05, 0) is 37.5 Å². The Labute approximate surface area is 140 Å². The Balaban J connectivity index is 1.65. The van der Waals surface area contributed by atoms with Crippen molar-refractivity contribution in [1.82, 2.24) is 0 Å². The summed E-state index contributed by atoms with van der Waals surface area (Å²) in [5, 5.41) is 3.44. The van der Waals surface area contributed by atoms with E-state index in [0.29, 0.717) is 23.4 Å². The maximum atomic E-state index is 12.3. The number of amides is 1. The molecule has 2 saturated heterocycles. The lowest BCUT2D eigenvalue weighted by Crippen LogP contribution is -3.22. The second-order valence-corrected chi connectivity index (χ2v) is 6.82. The predicted octanol–water partition coefficient (Wildman–Crippen LogP) is 1.34. The van der Waals surface area contributed by atoms with Gasteiger partial charge in [0.25, 0.3) is 0 Å². The summed E-state index contributed by atoms with van der Waals surface area (Å²) in [6, 6.07) is 5.35. The number of halogens is 1. The van der Waals surface area contributed by atoms with Crippen molar-refractivity contribution >= 4 is 29.2 Å². The Kier molecular flexibility index (Phi) is 4.87. The molecule has 0 bridgehead atoms. The fraction of sp³-hybridized carbons (Fsp3) is 0.529. The van der Waals surface area contributed by atoms with Crippen LogP contribution < -0.4 is 10.2 Å². The summed E-state index contributed by atoms with van der Waals surface area (Å²) >= 11 is 6.07. The molecule has 0 aliphatic carbocycles. The highest BCUT2D eigenvalue weighted by Crippen LogP contribution is 2.20. The number of hydrogen-bond donors (Lipinski definition) is 2. The van der Waals surface area contributed by atoms with Crippen molar-refractivity contribution in [1.29, 1.82) is 0 Å². The van der Waals surface area contributed by atoms with Gasteiger partial charge in [0.1, 0.15) is 12.6 Å². The fourth-order valence-electron chi connectivity index (χ4n) is 3.48. The maximum Gasteiger partial charge on any atom is 0.365 e. The van der Waals surface area contributed by atoms with Gasteiger partial charge >= 0.3 is 5.97 Å². The SMILES string of the molecule is Cc1ccc(NC(=O)C[C@H]2C(=O)OC[C@@H]3CCCC[NH+]32)cc1Cl. The molecule has 3 rings (SSSR count). The van der Waals surface area contributed by atoms with Crippen molar-refractivity contribution in [2.75, 3.05) is 18.5 Å². The van der Waals surface area contributed by atoms with E-state index in [2.05, 4.69) is 5.32 Å². The fourth-order valence-corrected chi connectivity index (χ4v) is 3.66. The molecule has 23 heavy (non-hydrogen) atoms. The van der Waals surface area contributed by atoms with E-state index in [9.17, 15) is 9.59 Å². The van der Waals surface area contributed by atoms with Gasteiger partial charge in [0.2, 0.25) is 5.91 Å². The minimum Gasteiger partial charge on any atom is -0.455 e. The smallest absolute Gasteiger partial charge is 0.365 e. The average molecular weight is 338 g/mol. The zero-order valence-corrected chi connectivity index (χ0v) is 14.0. The van der Waals surface area contributed by atoms with Gasteiger partial charge in [-0.3, -0.25) is 4.79 Å². The molecule has 3 atom stereocenters. The first kappa shape index (κ1) is 16.3. The molecule has 124 valence electrons. The highest BCUT2D eigenvalue weighted by atomic mass is 35.5. The Morgan fingerprint density at radius 3 is 3.04 bits per heavy atom. The first-order valence-corrected chi connectivity index (χ1v) is 8.50. The summed E-state index contributed by atoms with van der Waals surface area (Å²) in [6.07, 6.45) is 3.49. The number of nitrogens with one attached hydrogen (secondary N) is 2. The number of rotatable bonds is 3. The topological polar surface area (TPSA) is 59.8 Å². The summed E-state index contributed by atoms with van der Waals surface area (Å²) in [6.45, 7) is 3.33. The number of benzene rings is 1. The number of fused-ring (bicyclic) bond motifs is 1. The zero-order valence-electron chi connectivity index (χ0n) is 13.2. The summed E-state index contributed by atoms with van der Waals surface area (Å²) < 4.78 is 5.29. The van der Waals surface area contributed by atoms with Gasteiger partial charge in [-0.2, -0.15) is 0 Å². The van der Waals surface area contributed by atoms with Gasteiger partial charge in [-0.15, -0.1) is 0 Å². The third kappa shape index (κ3) is 3.67. The van der Waals surface area contributed by atoms with Crippen LogP contribution in [0.2, 0.25) is 5.02 Å². The number of aryl methyl sites for hydroxylation is 1. The van der Waals surface area contributed by atoms with Gasteiger partial charge in [-0.25, -0.2) is 4.79 Å². The van der Waals surface area contributed by atoms with Gasteiger partial charge < -0.3 is 15.0 Å². The molecular weight excluding hydrogens is 316 g/mol. The molecule has 6 heteroatoms. The van der Waals surface area contributed by atoms with Crippen LogP contribution in [-0.4, -0.2) is 37.1 Å². The summed E-state index contributed by atoms with van der Waals surface area (Å²) in [7, 11) is 0. The maximum absolute atomic E-state index is 12.3. The monoisotopic (exact) mass is 337 g/mol. The van der Waals surface area contributed by atoms with Crippen molar-refractivity contribution < 1.29 is 19.2 Å². The van der Waals surface area contributed by atoms with Crippen LogP contribution in [0.25, 0.3) is 0 Å². The molecule has 2 heterocycles. The molecule has 1 aromatic carbocycles. The highest BCUT2D eigenvalue weighted by Gasteiger charge is 2.43. The van der Waals surface area contributed by atoms with Crippen LogP contribution in [0.4, 0.5) is 5.69 Å². The van der Waals surface area contributed by atoms with Crippen molar-refractivity contribution in [3.63, 3.8) is 0 Å². The predicted molar refractivity (Wildman–Crippen MR) is 87.7 cm³/mol. The molecule has 5 nitrogen and oxygen atoms in total. The summed E-state index contributed by atoms with van der Waals surface area (Å²) in [5.74, 6) is -0.430. The van der Waals surface area contributed by atoms with Crippen LogP contribution in [0, 0.1) is 6.92 Å². The number of carbonyl (C=O) groups excluding carboxylic acids is 2. The Hall–Kier alpha value is -1.59. The number of anilines is 1. The van der Waals surface area contributed by atoms with Crippen molar-refractivity contribution in [2.24, 2.45) is 0 Å². The second-order valence-electron chi connectivity index (χ2n) is 6.42. The molecule has 2 aliphatic heterocycles. The number of cyclic esters (lactones) is 1. The summed E-state index contributed by atoms with van der Waals surface area (Å²) in [5.41, 5.74) is 1.61. The van der Waals surface area contributed by atoms with Gasteiger partial charge in [0, 0.05) is 17.1 Å². The van der Waals surface area contributed by atoms with E-state index >= 15 is 0 Å². The van der Waals surface area contributed by atoms with Crippen LogP contribution >= 0.6 is 11.6 Å². The van der Waals surface area contributed by atoms with E-state index in [1.165, 1.54) is 11.3 Å². The van der Waals surface area contributed by atoms with Crippen LogP contribution in [0.5, 0.6) is 0 Å². The van der Waals surface area contributed by atoms with Gasteiger partial charge in [0.05, 0.1) is 13.0 Å². The number of quaternary nitrogens is 1. The Morgan fingerprint density at radius 1 is 1.43 bits per heavy atom. The summed E-state index contributed by atoms with van der Waals surface area (Å²) in [4.78, 5) is 25.6. The minimum absolute atomic E-state index is 0.149. The molecule has 0 aromatic heterocycles. The zero-order chi connectivity index (χ0) is 16.4. The first-order valence-electron chi connectivity index (χ1n) is 8.13. The molecule has 1 amide bonds. The van der Waals surface area contributed by atoms with E-state index in [0.717, 1.165) is 24.9 Å². The van der Waals surface area contributed by atoms with E-state index < -0.39 is 6.04 Å². The average Bonchev–Trinajstić information content (AvgIpc) is 2.54. The van der Waals surface area contributed by atoms with Gasteiger partial charge in [0.15, 0.2) is 6.04 Å². The molecule has 0 spiro atoms. The number of carbonyl (C=O) groups is 2. The first-order chi connectivity index (χ1) is 11.0. The normalized spacial score (nSPS) is 27.0. The van der Waals surface area contributed by atoms with Crippen molar-refractivity contribution in [3.05, 3.63) is 28.8 Å². The lowest BCUT2D eigenvalue weighted by Gasteiger charge is -2.40. The van der Waals surface area contributed by atoms with Crippen LogP contribution in [0.1, 0.15) is 31.2 Å². The number of esters is 1. The molecule has 1 unspecified atom stereocenters. The molecule has 0 radical (unpaired) electrons. The van der Waals surface area contributed by atoms with Crippen molar-refractivity contribution in [3.8, 4) is 0 Å². The van der Waals surface area contributed by atoms with E-state index in [1.54, 1.807) is 6.07 Å². The largest absolute Gasteiger partial charge is 0.455 e. The number of hydrogen-bond acceptors (Lipinski definition) is 3. The van der Waals surface area contributed by atoms with Gasteiger partial charge in [-0.1, -0.05) is 17.7 Å². The molecule has 2 aliphatic rings. The van der Waals surface area contributed by atoms with E-state index in [-0.39, 0.29) is 18.3 Å². The lowest BCUT2D eigenvalue weighted by molar-refractivity contribution is -0.951.